The first-order chi connectivity index (χ1) is 16.5. The first-order valence-electron chi connectivity index (χ1n) is 10.9. The fourth-order valence-electron chi connectivity index (χ4n) is 3.73. The number of nitro benzene ring substituents is 1. The summed E-state index contributed by atoms with van der Waals surface area (Å²) >= 11 is 0. The molecule has 188 valence electrons. The number of ether oxygens (including phenoxy) is 1. The molecule has 2 aromatic carbocycles. The van der Waals surface area contributed by atoms with Gasteiger partial charge in [0.1, 0.15) is 18.0 Å². The second-order valence-electron chi connectivity index (χ2n) is 8.13. The Morgan fingerprint density at radius 1 is 1.14 bits per heavy atom. The van der Waals surface area contributed by atoms with Gasteiger partial charge >= 0.3 is 6.18 Å². The highest BCUT2D eigenvalue weighted by Gasteiger charge is 2.34. The molecular weight excluding hydrogens is 469 g/mol. The van der Waals surface area contributed by atoms with Crippen LogP contribution in [0.15, 0.2) is 42.5 Å². The summed E-state index contributed by atoms with van der Waals surface area (Å²) in [5, 5.41) is 14.3. The molecule has 1 atom stereocenters. The van der Waals surface area contributed by atoms with Crippen LogP contribution in [0.5, 0.6) is 5.75 Å². The smallest absolute Gasteiger partial charge is 0.419 e. The molecule has 1 heterocycles. The average Bonchev–Trinajstić information content (AvgIpc) is 2.82. The highest BCUT2D eigenvalue weighted by Crippen LogP contribution is 2.36. The van der Waals surface area contributed by atoms with E-state index in [0.29, 0.717) is 31.9 Å². The fraction of sp³-hybridized carbons (Fsp3) is 0.391. The Labute approximate surface area is 199 Å². The van der Waals surface area contributed by atoms with Crippen LogP contribution >= 0.6 is 0 Å². The van der Waals surface area contributed by atoms with Gasteiger partial charge in [-0.1, -0.05) is 12.1 Å². The number of carbonyl (C=O) groups is 2. The van der Waals surface area contributed by atoms with Crippen molar-refractivity contribution in [2.24, 2.45) is 0 Å². The van der Waals surface area contributed by atoms with Gasteiger partial charge in [-0.2, -0.15) is 13.2 Å². The molecule has 1 aliphatic heterocycles. The monoisotopic (exact) mass is 494 g/mol. The second kappa shape index (κ2) is 10.6. The van der Waals surface area contributed by atoms with Gasteiger partial charge in [0.05, 0.1) is 16.5 Å². The van der Waals surface area contributed by atoms with Gasteiger partial charge in [0.15, 0.2) is 0 Å². The lowest BCUT2D eigenvalue weighted by Gasteiger charge is -2.35. The van der Waals surface area contributed by atoms with E-state index in [4.69, 9.17) is 4.74 Å². The summed E-state index contributed by atoms with van der Waals surface area (Å²) in [6, 6.07) is 8.17. The Morgan fingerprint density at radius 2 is 1.80 bits per heavy atom. The minimum atomic E-state index is -4.58. The fourth-order valence-corrected chi connectivity index (χ4v) is 3.73. The predicted molar refractivity (Wildman–Crippen MR) is 121 cm³/mol. The molecule has 1 unspecified atom stereocenters. The topological polar surface area (TPSA) is 105 Å². The third-order valence-corrected chi connectivity index (χ3v) is 5.56. The maximum Gasteiger partial charge on any atom is 0.419 e. The lowest BCUT2D eigenvalue weighted by Crippen LogP contribution is -2.48. The molecule has 0 spiro atoms. The van der Waals surface area contributed by atoms with E-state index in [1.807, 2.05) is 0 Å². The molecule has 0 saturated carbocycles. The number of amides is 2. The molecule has 9 nitrogen and oxygen atoms in total. The zero-order chi connectivity index (χ0) is 25.8. The van der Waals surface area contributed by atoms with Crippen molar-refractivity contribution in [1.29, 1.82) is 0 Å². The van der Waals surface area contributed by atoms with Gasteiger partial charge in [-0.3, -0.25) is 19.7 Å². The number of piperazine rings is 1. The number of nitrogens with zero attached hydrogens (tertiary/aromatic N) is 3. The number of alkyl halides is 3. The van der Waals surface area contributed by atoms with Crippen molar-refractivity contribution < 1.29 is 32.4 Å². The van der Waals surface area contributed by atoms with E-state index in [-0.39, 0.29) is 29.5 Å². The van der Waals surface area contributed by atoms with Crippen LogP contribution < -0.4 is 15.0 Å². The van der Waals surface area contributed by atoms with Crippen molar-refractivity contribution in [2.45, 2.75) is 26.1 Å². The summed E-state index contributed by atoms with van der Waals surface area (Å²) in [5.74, 6) is -1.04. The SMILES string of the molecule is CC(=O)N1CCN(c2ccc(C(=O)NC(C)COc3ccccc3C(F)(F)F)cc2[N+](=O)[O-])CC1. The number of anilines is 1. The van der Waals surface area contributed by atoms with Crippen LogP contribution in [0.25, 0.3) is 0 Å². The lowest BCUT2D eigenvalue weighted by atomic mass is 10.1. The van der Waals surface area contributed by atoms with Gasteiger partial charge in [-0.25, -0.2) is 0 Å². The molecule has 0 bridgehead atoms. The van der Waals surface area contributed by atoms with Gasteiger partial charge in [0.25, 0.3) is 11.6 Å². The van der Waals surface area contributed by atoms with Crippen LogP contribution in [0, 0.1) is 10.1 Å². The number of carbonyl (C=O) groups excluding carboxylic acids is 2. The van der Waals surface area contributed by atoms with E-state index in [0.717, 1.165) is 12.1 Å². The molecule has 0 radical (unpaired) electrons. The minimum absolute atomic E-state index is 0.0327. The normalized spacial score (nSPS) is 14.9. The van der Waals surface area contributed by atoms with E-state index in [9.17, 15) is 32.9 Å². The van der Waals surface area contributed by atoms with E-state index in [1.54, 1.807) is 16.7 Å². The first-order valence-corrected chi connectivity index (χ1v) is 10.9. The summed E-state index contributed by atoms with van der Waals surface area (Å²) in [6.07, 6.45) is -4.58. The third-order valence-electron chi connectivity index (χ3n) is 5.56. The third kappa shape index (κ3) is 6.40. The Morgan fingerprint density at radius 3 is 2.40 bits per heavy atom. The molecule has 2 aromatic rings. The van der Waals surface area contributed by atoms with Crippen molar-refractivity contribution in [3.8, 4) is 5.75 Å². The van der Waals surface area contributed by atoms with Crippen LogP contribution in [0.2, 0.25) is 0 Å². The molecule has 0 aliphatic carbocycles. The van der Waals surface area contributed by atoms with Gasteiger partial charge in [0.2, 0.25) is 5.91 Å². The van der Waals surface area contributed by atoms with Crippen molar-refractivity contribution in [3.05, 3.63) is 63.7 Å². The number of hydrogen-bond acceptors (Lipinski definition) is 6. The van der Waals surface area contributed by atoms with Crippen LogP contribution in [-0.4, -0.2) is 60.5 Å². The number of benzene rings is 2. The van der Waals surface area contributed by atoms with Crippen molar-refractivity contribution in [3.63, 3.8) is 0 Å². The highest BCUT2D eigenvalue weighted by atomic mass is 19.4. The molecule has 1 fully saturated rings. The van der Waals surface area contributed by atoms with E-state index in [1.165, 1.54) is 37.3 Å². The Hall–Kier alpha value is -3.83. The molecule has 0 aromatic heterocycles. The Bertz CT molecular complexity index is 1100. The number of rotatable bonds is 7. The average molecular weight is 494 g/mol. The second-order valence-corrected chi connectivity index (χ2v) is 8.13. The molecular formula is C23H25F3N4O5. The maximum absolute atomic E-state index is 13.1. The number of para-hydroxylation sites is 1. The molecule has 1 N–H and O–H groups in total. The molecule has 3 rings (SSSR count). The minimum Gasteiger partial charge on any atom is -0.491 e. The summed E-state index contributed by atoms with van der Waals surface area (Å²) in [4.78, 5) is 38.7. The van der Waals surface area contributed by atoms with Gasteiger partial charge in [-0.15, -0.1) is 0 Å². The summed E-state index contributed by atoms with van der Waals surface area (Å²) in [7, 11) is 0. The van der Waals surface area contributed by atoms with Crippen molar-refractivity contribution >= 4 is 23.2 Å². The Kier molecular flexibility index (Phi) is 7.82. The van der Waals surface area contributed by atoms with E-state index in [2.05, 4.69) is 5.32 Å². The first kappa shape index (κ1) is 25.8. The number of nitro groups is 1. The standard InChI is InChI=1S/C23H25F3N4O5/c1-15(14-35-21-6-4-3-5-18(21)23(24,25)26)27-22(32)17-7-8-19(20(13-17)30(33)34)29-11-9-28(10-12-29)16(2)31/h3-8,13,15H,9-12,14H2,1-2H3,(H,27,32). The van der Waals surface area contributed by atoms with Crippen LogP contribution in [-0.2, 0) is 11.0 Å². The summed E-state index contributed by atoms with van der Waals surface area (Å²) < 4.78 is 44.6. The number of hydrogen-bond donors (Lipinski definition) is 1. The van der Waals surface area contributed by atoms with Crippen LogP contribution in [0.1, 0.15) is 29.8 Å². The predicted octanol–water partition coefficient (Wildman–Crippen LogP) is 3.48. The molecule has 2 amide bonds. The van der Waals surface area contributed by atoms with E-state index >= 15 is 0 Å². The zero-order valence-corrected chi connectivity index (χ0v) is 19.2. The van der Waals surface area contributed by atoms with Gasteiger partial charge < -0.3 is 19.9 Å². The van der Waals surface area contributed by atoms with Crippen molar-refractivity contribution in [1.82, 2.24) is 10.2 Å². The zero-order valence-electron chi connectivity index (χ0n) is 19.2. The maximum atomic E-state index is 13.1. The highest BCUT2D eigenvalue weighted by molar-refractivity contribution is 5.96. The van der Waals surface area contributed by atoms with E-state index < -0.39 is 28.6 Å². The largest absolute Gasteiger partial charge is 0.491 e. The van der Waals surface area contributed by atoms with Crippen molar-refractivity contribution in [2.75, 3.05) is 37.7 Å². The number of nitrogens with one attached hydrogen (secondary N) is 1. The molecule has 1 saturated heterocycles. The Balaban J connectivity index is 1.66. The number of halogens is 3. The summed E-state index contributed by atoms with van der Waals surface area (Å²) in [6.45, 7) is 4.48. The molecule has 35 heavy (non-hydrogen) atoms. The van der Waals surface area contributed by atoms with Crippen LogP contribution in [0.3, 0.4) is 0 Å². The molecule has 12 heteroatoms. The van der Waals surface area contributed by atoms with Gasteiger partial charge in [-0.05, 0) is 31.2 Å². The summed E-state index contributed by atoms with van der Waals surface area (Å²) in [5.41, 5.74) is -0.800. The molecule has 1 aliphatic rings. The quantitative estimate of drug-likeness (QED) is 0.467. The van der Waals surface area contributed by atoms with Gasteiger partial charge in [0, 0.05) is 44.7 Å². The van der Waals surface area contributed by atoms with Crippen LogP contribution in [0.4, 0.5) is 24.5 Å². The lowest BCUT2D eigenvalue weighted by molar-refractivity contribution is -0.384.